The van der Waals surface area contributed by atoms with Gasteiger partial charge in [-0.15, -0.1) is 10.2 Å². The molecular weight excluding hydrogens is 446 g/mol. The molecule has 2 unspecified atom stereocenters. The van der Waals surface area contributed by atoms with Crippen LogP contribution in [0.25, 0.3) is 21.5 Å². The number of hydrogen-bond acceptors (Lipinski definition) is 10. The highest BCUT2D eigenvalue weighted by Gasteiger charge is 2.45. The van der Waals surface area contributed by atoms with Crippen LogP contribution >= 0.6 is 11.3 Å². The molecule has 1 amide bonds. The number of hydrogen-bond donors (Lipinski definition) is 3. The number of aromatic nitrogens is 4. The van der Waals surface area contributed by atoms with Crippen LogP contribution in [-0.4, -0.2) is 42.2 Å². The molecule has 0 saturated carbocycles. The Labute approximate surface area is 191 Å². The highest BCUT2D eigenvalue weighted by molar-refractivity contribution is 7.18. The summed E-state index contributed by atoms with van der Waals surface area (Å²) in [5.74, 6) is -4.02. The van der Waals surface area contributed by atoms with E-state index in [4.69, 9.17) is 9.99 Å². The predicted molar refractivity (Wildman–Crippen MR) is 119 cm³/mol. The van der Waals surface area contributed by atoms with E-state index >= 15 is 0 Å². The van der Waals surface area contributed by atoms with Gasteiger partial charge in [0, 0.05) is 23.3 Å². The van der Waals surface area contributed by atoms with E-state index in [0.29, 0.717) is 21.0 Å². The molecule has 0 bridgehead atoms. The van der Waals surface area contributed by atoms with E-state index in [1.54, 1.807) is 48.8 Å². The summed E-state index contributed by atoms with van der Waals surface area (Å²) in [6.07, 6.45) is 5.95. The van der Waals surface area contributed by atoms with E-state index in [9.17, 15) is 9.90 Å². The smallest absolute Gasteiger partial charge is 0.258 e. The molecule has 0 aliphatic carbocycles. The van der Waals surface area contributed by atoms with E-state index in [0.717, 1.165) is 5.56 Å². The molecule has 3 N–H and O–H groups in total. The van der Waals surface area contributed by atoms with E-state index in [1.807, 2.05) is 0 Å². The first-order valence-electron chi connectivity index (χ1n) is 9.80. The Morgan fingerprint density at radius 2 is 1.94 bits per heavy atom. The average Bonchev–Trinajstić information content (AvgIpc) is 3.44. The molecule has 3 aromatic heterocycles. The molecule has 0 radical (unpaired) electrons. The second-order valence-electron chi connectivity index (χ2n) is 7.41. The minimum absolute atomic E-state index is 0.0538. The van der Waals surface area contributed by atoms with Gasteiger partial charge in [-0.1, -0.05) is 29.5 Å². The molecule has 166 valence electrons. The second-order valence-corrected chi connectivity index (χ2v) is 8.39. The second kappa shape index (κ2) is 8.06. The lowest BCUT2D eigenvalue weighted by Gasteiger charge is -2.27. The molecule has 4 heterocycles. The van der Waals surface area contributed by atoms with Gasteiger partial charge in [0.2, 0.25) is 16.7 Å². The van der Waals surface area contributed by atoms with Crippen LogP contribution in [0.1, 0.15) is 23.0 Å². The fourth-order valence-corrected chi connectivity index (χ4v) is 4.17. The normalized spacial score (nSPS) is 22.0. The van der Waals surface area contributed by atoms with Crippen LogP contribution in [0.5, 0.6) is 0 Å². The van der Waals surface area contributed by atoms with Crippen molar-refractivity contribution in [2.75, 3.05) is 5.32 Å². The van der Waals surface area contributed by atoms with Crippen molar-refractivity contribution in [1.82, 2.24) is 20.2 Å². The van der Waals surface area contributed by atoms with Gasteiger partial charge in [0.25, 0.3) is 5.91 Å². The number of aliphatic hydroxyl groups is 1. The summed E-state index contributed by atoms with van der Waals surface area (Å²) in [6, 6.07) is 12.0. The van der Waals surface area contributed by atoms with Gasteiger partial charge in [-0.05, 0) is 43.3 Å². The molecule has 33 heavy (non-hydrogen) atoms. The zero-order valence-corrected chi connectivity index (χ0v) is 18.0. The van der Waals surface area contributed by atoms with Crippen molar-refractivity contribution in [2.45, 2.75) is 18.5 Å². The third kappa shape index (κ3) is 3.99. The number of carbonyl (C=O) groups excluding carboxylic acids is 1. The molecule has 1 aliphatic heterocycles. The van der Waals surface area contributed by atoms with E-state index in [1.165, 1.54) is 36.5 Å². The van der Waals surface area contributed by atoms with Crippen molar-refractivity contribution in [3.05, 3.63) is 78.3 Å². The molecule has 1 aromatic carbocycles. The third-order valence-corrected chi connectivity index (χ3v) is 5.94. The van der Waals surface area contributed by atoms with Gasteiger partial charge in [0.15, 0.2) is 0 Å². The first-order chi connectivity index (χ1) is 15.9. The Bertz CT molecular complexity index is 1380. The molecule has 10 nitrogen and oxygen atoms in total. The van der Waals surface area contributed by atoms with Crippen LogP contribution in [0.15, 0.2) is 67.0 Å². The number of carbonyl (C=O) groups is 1. The molecule has 1 aliphatic rings. The summed E-state index contributed by atoms with van der Waals surface area (Å²) in [7, 11) is 0. The molecule has 5 rings (SSSR count). The average molecular weight is 463 g/mol. The zero-order valence-electron chi connectivity index (χ0n) is 17.2. The molecule has 2 atom stereocenters. The van der Waals surface area contributed by atoms with Gasteiger partial charge in [0.1, 0.15) is 10.7 Å². The molecule has 0 spiro atoms. The van der Waals surface area contributed by atoms with Crippen molar-refractivity contribution < 1.29 is 24.8 Å². The van der Waals surface area contributed by atoms with Crippen molar-refractivity contribution in [1.29, 1.82) is 0 Å². The summed E-state index contributed by atoms with van der Waals surface area (Å²) in [5.41, 5.74) is 1.61. The molecule has 4 aromatic rings. The number of fused-ring (bicyclic) bond motifs is 1. The van der Waals surface area contributed by atoms with Crippen LogP contribution in [0.2, 0.25) is 0 Å². The lowest BCUT2D eigenvalue weighted by molar-refractivity contribution is -0.409. The standard InChI is InChI=1S/C22H17N5O5S/c1-21(32-30)8-9-22(29,31-21)17-12-15(14-4-2-3-5-16(14)24-17)18(28)25-20-27-26-19(33-20)13-6-10-23-11-7-13/h2-12,29-30H,1H3,(H,25,27,28). The number of ether oxygens (including phenoxy) is 1. The van der Waals surface area contributed by atoms with Crippen molar-refractivity contribution in [2.24, 2.45) is 0 Å². The minimum Gasteiger partial charge on any atom is -0.357 e. The molecular formula is C22H17N5O5S. The zero-order chi connectivity index (χ0) is 23.1. The van der Waals surface area contributed by atoms with Crippen LogP contribution in [0.3, 0.4) is 0 Å². The van der Waals surface area contributed by atoms with Crippen molar-refractivity contribution in [3.8, 4) is 10.6 Å². The van der Waals surface area contributed by atoms with E-state index in [-0.39, 0.29) is 11.3 Å². The van der Waals surface area contributed by atoms with Gasteiger partial charge < -0.3 is 9.84 Å². The number of pyridine rings is 2. The number of nitrogens with zero attached hydrogens (tertiary/aromatic N) is 4. The number of nitrogens with one attached hydrogen (secondary N) is 1. The SMILES string of the molecule is CC1(OO)C=CC(O)(c2cc(C(=O)Nc3nnc(-c4ccncc4)s3)c3ccccc3n2)O1. The first kappa shape index (κ1) is 21.2. The van der Waals surface area contributed by atoms with E-state index in [2.05, 4.69) is 30.4 Å². The van der Waals surface area contributed by atoms with Gasteiger partial charge in [0.05, 0.1) is 11.1 Å². The van der Waals surface area contributed by atoms with Crippen LogP contribution < -0.4 is 5.32 Å². The van der Waals surface area contributed by atoms with Crippen LogP contribution in [0.4, 0.5) is 5.13 Å². The third-order valence-electron chi connectivity index (χ3n) is 5.05. The topological polar surface area (TPSA) is 140 Å². The van der Waals surface area contributed by atoms with Crippen LogP contribution in [-0.2, 0) is 15.4 Å². The Morgan fingerprint density at radius 1 is 1.15 bits per heavy atom. The van der Waals surface area contributed by atoms with Gasteiger partial charge in [-0.3, -0.25) is 15.1 Å². The summed E-state index contributed by atoms with van der Waals surface area (Å²) in [4.78, 5) is 25.9. The lowest BCUT2D eigenvalue weighted by atomic mass is 10.0. The van der Waals surface area contributed by atoms with Crippen molar-refractivity contribution in [3.63, 3.8) is 0 Å². The largest absolute Gasteiger partial charge is 0.357 e. The Balaban J connectivity index is 1.50. The molecule has 11 heteroatoms. The number of rotatable bonds is 5. The van der Waals surface area contributed by atoms with E-state index < -0.39 is 17.5 Å². The highest BCUT2D eigenvalue weighted by atomic mass is 32.1. The highest BCUT2D eigenvalue weighted by Crippen LogP contribution is 2.38. The predicted octanol–water partition coefficient (Wildman–Crippen LogP) is 3.34. The Kier molecular flexibility index (Phi) is 5.19. The number of para-hydroxylation sites is 1. The van der Waals surface area contributed by atoms with Gasteiger partial charge in [-0.2, -0.15) is 4.89 Å². The first-order valence-corrected chi connectivity index (χ1v) is 10.6. The number of anilines is 1. The minimum atomic E-state index is -2.01. The summed E-state index contributed by atoms with van der Waals surface area (Å²) >= 11 is 1.22. The van der Waals surface area contributed by atoms with Gasteiger partial charge >= 0.3 is 0 Å². The monoisotopic (exact) mass is 463 g/mol. The van der Waals surface area contributed by atoms with Crippen LogP contribution in [0, 0.1) is 0 Å². The molecule has 0 saturated heterocycles. The summed E-state index contributed by atoms with van der Waals surface area (Å²) in [5, 5.41) is 32.5. The Morgan fingerprint density at radius 3 is 2.70 bits per heavy atom. The quantitative estimate of drug-likeness (QED) is 0.231. The Hall–Kier alpha value is -3.61. The number of benzene rings is 1. The lowest BCUT2D eigenvalue weighted by Crippen LogP contribution is -2.35. The van der Waals surface area contributed by atoms with Gasteiger partial charge in [-0.25, -0.2) is 10.2 Å². The fourth-order valence-electron chi connectivity index (χ4n) is 3.42. The maximum absolute atomic E-state index is 13.2. The maximum Gasteiger partial charge on any atom is 0.258 e. The van der Waals surface area contributed by atoms with Crippen molar-refractivity contribution >= 4 is 33.3 Å². The fraction of sp³-hybridized carbons (Fsp3) is 0.136. The number of amides is 1. The maximum atomic E-state index is 13.2. The summed E-state index contributed by atoms with van der Waals surface area (Å²) in [6.45, 7) is 1.42. The summed E-state index contributed by atoms with van der Waals surface area (Å²) < 4.78 is 5.48. The molecule has 0 fully saturated rings.